The summed E-state index contributed by atoms with van der Waals surface area (Å²) in [5.74, 6) is -0.531. The van der Waals surface area contributed by atoms with Crippen LogP contribution in [0.25, 0.3) is 0 Å². The molecule has 298 valence electrons. The lowest BCUT2D eigenvalue weighted by molar-refractivity contribution is -0.147. The van der Waals surface area contributed by atoms with E-state index in [0.717, 1.165) is 70.6 Å². The topological polar surface area (TPSA) is 131 Å². The van der Waals surface area contributed by atoms with Gasteiger partial charge >= 0.3 is 13.8 Å². The van der Waals surface area contributed by atoms with Crippen molar-refractivity contribution in [3.8, 4) is 0 Å². The molecule has 0 saturated heterocycles. The Morgan fingerprint density at radius 1 is 0.627 bits per heavy atom. The minimum absolute atomic E-state index is 0.0815. The number of nitrogens with one attached hydrogen (secondary N) is 1. The van der Waals surface area contributed by atoms with Crippen molar-refractivity contribution in [1.82, 2.24) is 5.32 Å². The van der Waals surface area contributed by atoms with E-state index in [1.165, 1.54) is 77.0 Å². The average molecular weight is 742 g/mol. The molecular weight excluding hydrogens is 665 g/mol. The van der Waals surface area contributed by atoms with Crippen LogP contribution in [0.2, 0.25) is 0 Å². The second-order valence-corrected chi connectivity index (χ2v) is 15.0. The Hall–Kier alpha value is -1.77. The van der Waals surface area contributed by atoms with Crippen molar-refractivity contribution in [2.24, 2.45) is 0 Å². The fraction of sp³-hybridized carbons (Fsp3) is 0.805. The van der Waals surface area contributed by atoms with Crippen LogP contribution < -0.4 is 5.32 Å². The average Bonchev–Trinajstić information content (AvgIpc) is 3.11. The third kappa shape index (κ3) is 39.3. The van der Waals surface area contributed by atoms with E-state index >= 15 is 0 Å². The molecule has 10 heteroatoms. The molecule has 2 unspecified atom stereocenters. The van der Waals surface area contributed by atoms with Crippen LogP contribution in [0.3, 0.4) is 0 Å². The van der Waals surface area contributed by atoms with Gasteiger partial charge in [-0.3, -0.25) is 18.6 Å². The van der Waals surface area contributed by atoms with E-state index < -0.39 is 26.5 Å². The van der Waals surface area contributed by atoms with Gasteiger partial charge in [0, 0.05) is 19.4 Å². The van der Waals surface area contributed by atoms with Crippen molar-refractivity contribution in [1.29, 1.82) is 0 Å². The van der Waals surface area contributed by atoms with Gasteiger partial charge in [-0.2, -0.15) is 0 Å². The van der Waals surface area contributed by atoms with Crippen molar-refractivity contribution >= 4 is 19.7 Å². The van der Waals surface area contributed by atoms with Gasteiger partial charge in [-0.25, -0.2) is 4.57 Å². The third-order valence-electron chi connectivity index (χ3n) is 8.58. The first-order valence-corrected chi connectivity index (χ1v) is 22.0. The maximum absolute atomic E-state index is 12.1. The van der Waals surface area contributed by atoms with E-state index in [1.807, 2.05) is 0 Å². The number of esters is 1. The third-order valence-corrected chi connectivity index (χ3v) is 9.57. The Kier molecular flexibility index (Phi) is 36.7. The predicted molar refractivity (Wildman–Crippen MR) is 211 cm³/mol. The molecule has 0 bridgehead atoms. The van der Waals surface area contributed by atoms with E-state index in [0.29, 0.717) is 12.8 Å². The van der Waals surface area contributed by atoms with E-state index in [-0.39, 0.29) is 32.1 Å². The number of hydrogen-bond donors (Lipinski definition) is 3. The van der Waals surface area contributed by atoms with E-state index in [9.17, 15) is 24.2 Å². The van der Waals surface area contributed by atoms with Crippen LogP contribution in [0.15, 0.2) is 36.5 Å². The van der Waals surface area contributed by atoms with E-state index in [2.05, 4.69) is 55.6 Å². The maximum atomic E-state index is 12.1. The number of aliphatic hydroxyl groups excluding tert-OH is 1. The molecule has 3 N–H and O–H groups in total. The number of ether oxygens (including phenoxy) is 1. The zero-order valence-corrected chi connectivity index (χ0v) is 33.4. The molecule has 0 heterocycles. The quantitative estimate of drug-likeness (QED) is 0.0247. The first kappa shape index (κ1) is 49.2. The molecular formula is C41H76NO8P. The molecule has 0 spiro atoms. The number of aliphatic hydroxyl groups is 1. The molecule has 51 heavy (non-hydrogen) atoms. The second kappa shape index (κ2) is 38.0. The minimum Gasteiger partial charge on any atom is -0.463 e. The summed E-state index contributed by atoms with van der Waals surface area (Å²) in [7, 11) is -4.41. The molecule has 0 aliphatic heterocycles. The molecule has 0 aliphatic carbocycles. The number of rotatable bonds is 38. The largest absolute Gasteiger partial charge is 0.472 e. The smallest absolute Gasteiger partial charge is 0.463 e. The lowest BCUT2D eigenvalue weighted by Gasteiger charge is -2.15. The molecule has 0 fully saturated rings. The summed E-state index contributed by atoms with van der Waals surface area (Å²) in [6.45, 7) is 3.43. The van der Waals surface area contributed by atoms with Gasteiger partial charge in [0.15, 0.2) is 0 Å². The molecule has 0 radical (unpaired) electrons. The van der Waals surface area contributed by atoms with Crippen molar-refractivity contribution < 1.29 is 37.9 Å². The number of carbonyl (C=O) groups is 2. The number of phosphoric ester groups is 1. The number of unbranched alkanes of at least 4 members (excludes halogenated alkanes) is 19. The SMILES string of the molecule is CC/C=C\C/C=C\C/C=C\CCCCCCCC(=O)OCC(O)COP(=O)(O)OCCNC(=O)CCCCCCCCCCCCCCCCC. The minimum atomic E-state index is -4.41. The first-order chi connectivity index (χ1) is 24.8. The monoisotopic (exact) mass is 742 g/mol. The van der Waals surface area contributed by atoms with Crippen LogP contribution in [0.1, 0.15) is 181 Å². The normalized spacial score (nSPS) is 13.7. The molecule has 0 aromatic rings. The standard InChI is InChI=1S/C41H76NO8P/c1-3-5-7-9-11-13-15-17-19-21-23-25-27-29-31-33-40(44)42-35-36-49-51(46,47)50-38-39(43)37-48-41(45)34-32-30-28-26-24-22-20-18-16-14-12-10-8-6-4-2/h6,8,12,14,18,20,39,43H,3-5,7,9-11,13,15-17,19,21-38H2,1-2H3,(H,42,44)(H,46,47)/b8-6-,14-12-,20-18-. The molecule has 0 aromatic heterocycles. The molecule has 2 atom stereocenters. The molecule has 1 amide bonds. The molecule has 9 nitrogen and oxygen atoms in total. The zero-order chi connectivity index (χ0) is 37.5. The second-order valence-electron chi connectivity index (χ2n) is 13.6. The number of allylic oxidation sites excluding steroid dienone is 6. The highest BCUT2D eigenvalue weighted by molar-refractivity contribution is 7.47. The van der Waals surface area contributed by atoms with Crippen LogP contribution in [-0.4, -0.2) is 54.3 Å². The Bertz CT molecular complexity index is 939. The zero-order valence-electron chi connectivity index (χ0n) is 32.5. The van der Waals surface area contributed by atoms with Crippen molar-refractivity contribution in [3.05, 3.63) is 36.5 Å². The van der Waals surface area contributed by atoms with Gasteiger partial charge in [-0.1, -0.05) is 159 Å². The molecule has 0 rings (SSSR count). The summed E-state index contributed by atoms with van der Waals surface area (Å²) in [6, 6.07) is 0. The van der Waals surface area contributed by atoms with Crippen LogP contribution in [-0.2, 0) is 27.9 Å². The Balaban J connectivity index is 3.62. The fourth-order valence-electron chi connectivity index (χ4n) is 5.51. The summed E-state index contributed by atoms with van der Waals surface area (Å²) in [6.07, 6.45) is 40.7. The van der Waals surface area contributed by atoms with Crippen molar-refractivity contribution in [2.45, 2.75) is 187 Å². The Morgan fingerprint density at radius 2 is 1.12 bits per heavy atom. The van der Waals surface area contributed by atoms with Gasteiger partial charge in [-0.05, 0) is 44.9 Å². The summed E-state index contributed by atoms with van der Waals surface area (Å²) < 4.78 is 26.8. The highest BCUT2D eigenvalue weighted by atomic mass is 31.2. The van der Waals surface area contributed by atoms with Gasteiger partial charge < -0.3 is 20.1 Å². The Morgan fingerprint density at radius 3 is 1.69 bits per heavy atom. The fourth-order valence-corrected chi connectivity index (χ4v) is 6.27. The molecule has 0 aliphatic rings. The van der Waals surface area contributed by atoms with Gasteiger partial charge in [0.05, 0.1) is 13.2 Å². The predicted octanol–water partition coefficient (Wildman–Crippen LogP) is 11.0. The summed E-state index contributed by atoms with van der Waals surface area (Å²) in [5.41, 5.74) is 0. The van der Waals surface area contributed by atoms with E-state index in [1.54, 1.807) is 0 Å². The number of carbonyl (C=O) groups excluding carboxylic acids is 2. The summed E-state index contributed by atoms with van der Waals surface area (Å²) in [5, 5.41) is 12.7. The lowest BCUT2D eigenvalue weighted by Crippen LogP contribution is -2.27. The highest BCUT2D eigenvalue weighted by Crippen LogP contribution is 2.42. The van der Waals surface area contributed by atoms with Gasteiger partial charge in [0.1, 0.15) is 12.7 Å². The summed E-state index contributed by atoms with van der Waals surface area (Å²) >= 11 is 0. The van der Waals surface area contributed by atoms with E-state index in [4.69, 9.17) is 13.8 Å². The lowest BCUT2D eigenvalue weighted by atomic mass is 10.0. The van der Waals surface area contributed by atoms with Crippen LogP contribution >= 0.6 is 7.82 Å². The van der Waals surface area contributed by atoms with Gasteiger partial charge in [-0.15, -0.1) is 0 Å². The van der Waals surface area contributed by atoms with Crippen molar-refractivity contribution in [2.75, 3.05) is 26.4 Å². The van der Waals surface area contributed by atoms with Crippen LogP contribution in [0.4, 0.5) is 0 Å². The Labute approximate surface area is 312 Å². The molecule has 0 aromatic carbocycles. The van der Waals surface area contributed by atoms with Crippen LogP contribution in [0.5, 0.6) is 0 Å². The number of amides is 1. The maximum Gasteiger partial charge on any atom is 0.472 e. The number of phosphoric acid groups is 1. The number of hydrogen-bond acceptors (Lipinski definition) is 7. The summed E-state index contributed by atoms with van der Waals surface area (Å²) in [4.78, 5) is 33.8. The highest BCUT2D eigenvalue weighted by Gasteiger charge is 2.23. The first-order valence-electron chi connectivity index (χ1n) is 20.5. The van der Waals surface area contributed by atoms with Crippen LogP contribution in [0, 0.1) is 0 Å². The molecule has 0 saturated carbocycles. The van der Waals surface area contributed by atoms with Crippen molar-refractivity contribution in [3.63, 3.8) is 0 Å². The van der Waals surface area contributed by atoms with Gasteiger partial charge in [0.2, 0.25) is 5.91 Å². The van der Waals surface area contributed by atoms with Gasteiger partial charge in [0.25, 0.3) is 0 Å².